The van der Waals surface area contributed by atoms with Gasteiger partial charge in [0.25, 0.3) is 0 Å². The highest BCUT2D eigenvalue weighted by molar-refractivity contribution is 6.15. The smallest absolute Gasteiger partial charge is 0.223 e. The molecule has 0 spiro atoms. The van der Waals surface area contributed by atoms with Crippen molar-refractivity contribution in [2.45, 2.75) is 0 Å². The third kappa shape index (κ3) is 1.80. The van der Waals surface area contributed by atoms with Crippen LogP contribution in [0, 0.1) is 0 Å². The molecule has 0 N–H and O–H groups in total. The fourth-order valence-corrected chi connectivity index (χ4v) is 6.23. The first-order chi connectivity index (χ1) is 17.8. The van der Waals surface area contributed by atoms with Gasteiger partial charge in [0.1, 0.15) is 16.6 Å². The zero-order valence-corrected chi connectivity index (χ0v) is 18.8. The molecule has 0 saturated heterocycles. The van der Waals surface area contributed by atoms with Gasteiger partial charge in [-0.3, -0.25) is 8.80 Å². The number of hydrogen-bond acceptors (Lipinski definition) is 3. The van der Waals surface area contributed by atoms with E-state index in [2.05, 4.69) is 86.0 Å². The van der Waals surface area contributed by atoms with Crippen LogP contribution >= 0.6 is 0 Å². The summed E-state index contributed by atoms with van der Waals surface area (Å²) in [5, 5.41) is 4.60. The second-order valence-corrected chi connectivity index (χ2v) is 9.57. The molecule has 10 aromatic rings. The molecule has 0 amide bonds. The van der Waals surface area contributed by atoms with Gasteiger partial charge in [-0.25, -0.2) is 14.4 Å². The van der Waals surface area contributed by atoms with Gasteiger partial charge in [0, 0.05) is 10.8 Å². The lowest BCUT2D eigenvalue weighted by Gasteiger charge is -1.99. The number of para-hydroxylation sites is 2. The third-order valence-electron chi connectivity index (χ3n) is 7.76. The van der Waals surface area contributed by atoms with E-state index in [4.69, 9.17) is 14.4 Å². The molecule has 6 heteroatoms. The predicted octanol–water partition coefficient (Wildman–Crippen LogP) is 7.18. The van der Waals surface area contributed by atoms with E-state index in [0.717, 1.165) is 72.1 Å². The molecular weight excluding hydrogens is 446 g/mol. The lowest BCUT2D eigenvalue weighted by molar-refractivity contribution is 0.672. The van der Waals surface area contributed by atoms with Crippen molar-refractivity contribution in [2.75, 3.05) is 0 Å². The Morgan fingerprint density at radius 3 is 2.19 bits per heavy atom. The lowest BCUT2D eigenvalue weighted by atomic mass is 10.1. The molecule has 0 bridgehead atoms. The van der Waals surface area contributed by atoms with Gasteiger partial charge in [0.15, 0.2) is 5.58 Å². The normalized spacial score (nSPS) is 13.0. The van der Waals surface area contributed by atoms with E-state index in [1.807, 2.05) is 18.2 Å². The van der Waals surface area contributed by atoms with Gasteiger partial charge in [-0.1, -0.05) is 48.5 Å². The SMILES string of the molecule is c1ccc2cc3c(cc2c1)nc1n3c2cccc3c2n1c1nc2c4oc5ccccc5c4ccc2n31. The van der Waals surface area contributed by atoms with Crippen molar-refractivity contribution in [2.24, 2.45) is 0 Å². The number of aromatic nitrogens is 5. The van der Waals surface area contributed by atoms with Gasteiger partial charge < -0.3 is 4.42 Å². The molecule has 0 aliphatic heterocycles. The topological polar surface area (TPSA) is 52.2 Å². The van der Waals surface area contributed by atoms with Gasteiger partial charge in [0.2, 0.25) is 11.6 Å². The first-order valence-corrected chi connectivity index (χ1v) is 12.0. The van der Waals surface area contributed by atoms with E-state index in [-0.39, 0.29) is 0 Å². The summed E-state index contributed by atoms with van der Waals surface area (Å²) >= 11 is 0. The molecule has 0 saturated carbocycles. The molecule has 0 radical (unpaired) electrons. The van der Waals surface area contributed by atoms with Crippen LogP contribution in [0.3, 0.4) is 0 Å². The Labute approximate surface area is 201 Å². The Bertz CT molecular complexity index is 2540. The maximum atomic E-state index is 6.32. The number of imidazole rings is 4. The second kappa shape index (κ2) is 5.58. The molecule has 36 heavy (non-hydrogen) atoms. The number of rotatable bonds is 0. The largest absolute Gasteiger partial charge is 0.454 e. The van der Waals surface area contributed by atoms with Gasteiger partial charge in [-0.2, -0.15) is 0 Å². The minimum absolute atomic E-state index is 0.826. The zero-order valence-electron chi connectivity index (χ0n) is 18.8. The Kier molecular flexibility index (Phi) is 2.69. The van der Waals surface area contributed by atoms with Gasteiger partial charge >= 0.3 is 0 Å². The van der Waals surface area contributed by atoms with E-state index >= 15 is 0 Å². The highest BCUT2D eigenvalue weighted by Gasteiger charge is 2.24. The van der Waals surface area contributed by atoms with Crippen LogP contribution in [0.15, 0.2) is 95.4 Å². The fraction of sp³-hybridized carbons (Fsp3) is 0. The van der Waals surface area contributed by atoms with E-state index in [1.165, 1.54) is 10.8 Å². The van der Waals surface area contributed by atoms with Gasteiger partial charge in [-0.05, 0) is 53.2 Å². The highest BCUT2D eigenvalue weighted by atomic mass is 16.3. The van der Waals surface area contributed by atoms with Crippen LogP contribution in [0.4, 0.5) is 0 Å². The van der Waals surface area contributed by atoms with Crippen molar-refractivity contribution in [3.05, 3.63) is 91.0 Å². The number of benzene rings is 5. The van der Waals surface area contributed by atoms with E-state index < -0.39 is 0 Å². The first kappa shape index (κ1) is 17.4. The molecule has 0 fully saturated rings. The predicted molar refractivity (Wildman–Crippen MR) is 143 cm³/mol. The van der Waals surface area contributed by atoms with Gasteiger partial charge in [-0.15, -0.1) is 0 Å². The molecule has 0 unspecified atom stereocenters. The summed E-state index contributed by atoms with van der Waals surface area (Å²) in [5.41, 5.74) is 9.07. The lowest BCUT2D eigenvalue weighted by Crippen LogP contribution is -1.87. The molecule has 166 valence electrons. The van der Waals surface area contributed by atoms with Crippen LogP contribution in [0.2, 0.25) is 0 Å². The summed E-state index contributed by atoms with van der Waals surface area (Å²) in [6, 6.07) is 31.8. The summed E-state index contributed by atoms with van der Waals surface area (Å²) in [4.78, 5) is 10.3. The molecule has 6 nitrogen and oxygen atoms in total. The maximum absolute atomic E-state index is 6.32. The van der Waals surface area contributed by atoms with Crippen molar-refractivity contribution >= 4 is 82.9 Å². The standard InChI is InChI=1S/C30H15N5O/c1-2-7-17-15-24-20(14-16(17)6-1)31-29-34(24)23-10-5-9-22-27(23)35(29)30-32-26-21(33(22)30)13-12-19-18-8-3-4-11-25(18)36-28(19)26/h1-15H. The minimum atomic E-state index is 0.826. The summed E-state index contributed by atoms with van der Waals surface area (Å²) in [6.45, 7) is 0. The summed E-state index contributed by atoms with van der Waals surface area (Å²) in [7, 11) is 0. The minimum Gasteiger partial charge on any atom is -0.454 e. The molecule has 0 aliphatic carbocycles. The average Bonchev–Trinajstić information content (AvgIpc) is 3.68. The van der Waals surface area contributed by atoms with Crippen molar-refractivity contribution in [3.8, 4) is 0 Å². The molecule has 0 atom stereocenters. The maximum Gasteiger partial charge on any atom is 0.223 e. The summed E-state index contributed by atoms with van der Waals surface area (Å²) < 4.78 is 13.0. The van der Waals surface area contributed by atoms with E-state index in [1.54, 1.807) is 0 Å². The van der Waals surface area contributed by atoms with Crippen molar-refractivity contribution in [1.82, 2.24) is 23.2 Å². The van der Waals surface area contributed by atoms with Crippen LogP contribution in [0.1, 0.15) is 0 Å². The van der Waals surface area contributed by atoms with Crippen LogP contribution in [-0.4, -0.2) is 23.2 Å². The number of furan rings is 1. The Morgan fingerprint density at radius 1 is 0.556 bits per heavy atom. The molecule has 5 aromatic carbocycles. The van der Waals surface area contributed by atoms with Gasteiger partial charge in [0.05, 0.1) is 27.6 Å². The first-order valence-electron chi connectivity index (χ1n) is 12.0. The molecular formula is C30H15N5O. The highest BCUT2D eigenvalue weighted by Crippen LogP contribution is 2.38. The van der Waals surface area contributed by atoms with E-state index in [9.17, 15) is 0 Å². The molecule has 5 aromatic heterocycles. The third-order valence-corrected chi connectivity index (χ3v) is 7.76. The molecule has 0 aliphatic rings. The second-order valence-electron chi connectivity index (χ2n) is 9.57. The Morgan fingerprint density at radius 2 is 1.31 bits per heavy atom. The fourth-order valence-electron chi connectivity index (χ4n) is 6.23. The van der Waals surface area contributed by atoms with Crippen LogP contribution < -0.4 is 0 Å². The number of fused-ring (bicyclic) bond motifs is 15. The quantitative estimate of drug-likeness (QED) is 0.240. The number of hydrogen-bond donors (Lipinski definition) is 0. The van der Waals surface area contributed by atoms with Crippen molar-refractivity contribution in [3.63, 3.8) is 0 Å². The van der Waals surface area contributed by atoms with E-state index in [0.29, 0.717) is 0 Å². The average molecular weight is 461 g/mol. The van der Waals surface area contributed by atoms with Crippen molar-refractivity contribution in [1.29, 1.82) is 0 Å². The Hall–Kier alpha value is -5.10. The molecule has 10 rings (SSSR count). The Balaban J connectivity index is 1.45. The summed E-state index contributed by atoms with van der Waals surface area (Å²) in [5.74, 6) is 1.72. The monoisotopic (exact) mass is 461 g/mol. The van der Waals surface area contributed by atoms with Crippen molar-refractivity contribution < 1.29 is 4.42 Å². The number of nitrogens with zero attached hydrogens (tertiary/aromatic N) is 5. The molecule has 5 heterocycles. The van der Waals surface area contributed by atoms with Crippen LogP contribution in [-0.2, 0) is 0 Å². The van der Waals surface area contributed by atoms with Crippen LogP contribution in [0.5, 0.6) is 0 Å². The zero-order chi connectivity index (χ0) is 23.1. The van der Waals surface area contributed by atoms with Crippen LogP contribution in [0.25, 0.3) is 82.9 Å². The summed E-state index contributed by atoms with van der Waals surface area (Å²) in [6.07, 6.45) is 0.